The molecule has 1 saturated carbocycles. The molecule has 2 aromatic heterocycles. The SMILES string of the molecule is FC(F)c1nc2ccccc2n1-c1cc(N2CCOCC2)nc(NCC2(c3ccc(Cl)cc3)CC2)n1. The summed E-state index contributed by atoms with van der Waals surface area (Å²) in [6.07, 6.45) is -0.672. The molecule has 10 heteroatoms. The fourth-order valence-corrected chi connectivity index (χ4v) is 4.90. The van der Waals surface area contributed by atoms with Gasteiger partial charge in [-0.25, -0.2) is 13.8 Å². The van der Waals surface area contributed by atoms with Crippen molar-refractivity contribution < 1.29 is 13.5 Å². The van der Waals surface area contributed by atoms with E-state index in [-0.39, 0.29) is 11.2 Å². The zero-order chi connectivity index (χ0) is 24.7. The highest BCUT2D eigenvalue weighted by molar-refractivity contribution is 6.30. The molecule has 36 heavy (non-hydrogen) atoms. The van der Waals surface area contributed by atoms with Gasteiger partial charge < -0.3 is 15.0 Å². The molecule has 0 bridgehead atoms. The van der Waals surface area contributed by atoms with Crippen LogP contribution in [-0.4, -0.2) is 52.4 Å². The Morgan fingerprint density at radius 3 is 2.42 bits per heavy atom. The molecule has 2 fully saturated rings. The number of ether oxygens (including phenoxy) is 1. The van der Waals surface area contributed by atoms with E-state index in [2.05, 4.69) is 27.3 Å². The van der Waals surface area contributed by atoms with E-state index in [1.165, 1.54) is 10.1 Å². The lowest BCUT2D eigenvalue weighted by Gasteiger charge is -2.28. The van der Waals surface area contributed by atoms with Gasteiger partial charge in [-0.1, -0.05) is 35.9 Å². The molecule has 2 aromatic carbocycles. The highest BCUT2D eigenvalue weighted by Gasteiger charge is 2.44. The molecule has 7 nitrogen and oxygen atoms in total. The van der Waals surface area contributed by atoms with Gasteiger partial charge in [0.25, 0.3) is 6.43 Å². The third kappa shape index (κ3) is 4.37. The van der Waals surface area contributed by atoms with Crippen LogP contribution in [0.4, 0.5) is 20.5 Å². The summed E-state index contributed by atoms with van der Waals surface area (Å²) >= 11 is 6.08. The normalized spacial score (nSPS) is 17.1. The number of nitrogens with zero attached hydrogens (tertiary/aromatic N) is 5. The van der Waals surface area contributed by atoms with Gasteiger partial charge in [0.05, 0.1) is 24.2 Å². The maximum Gasteiger partial charge on any atom is 0.296 e. The average Bonchev–Trinajstić information content (AvgIpc) is 3.59. The number of aromatic nitrogens is 4. The molecule has 1 N–H and O–H groups in total. The van der Waals surface area contributed by atoms with Crippen LogP contribution >= 0.6 is 11.6 Å². The first-order valence-corrected chi connectivity index (χ1v) is 12.4. The molecule has 4 aromatic rings. The number of alkyl halides is 2. The summed E-state index contributed by atoms with van der Waals surface area (Å²) in [5.74, 6) is 1.08. The molecule has 1 saturated heterocycles. The summed E-state index contributed by atoms with van der Waals surface area (Å²) in [6.45, 7) is 3.12. The number of imidazole rings is 1. The molecule has 0 unspecified atom stereocenters. The number of benzene rings is 2. The summed E-state index contributed by atoms with van der Waals surface area (Å²) in [6, 6.07) is 16.8. The fraction of sp³-hybridized carbons (Fsp3) is 0.346. The van der Waals surface area contributed by atoms with Gasteiger partial charge in [-0.2, -0.15) is 9.97 Å². The van der Waals surface area contributed by atoms with Crippen LogP contribution in [-0.2, 0) is 10.2 Å². The topological polar surface area (TPSA) is 68.1 Å². The van der Waals surface area contributed by atoms with Crippen LogP contribution in [0.3, 0.4) is 0 Å². The van der Waals surface area contributed by atoms with Gasteiger partial charge in [-0.3, -0.25) is 4.57 Å². The Morgan fingerprint density at radius 2 is 1.69 bits per heavy atom. The Hall–Kier alpha value is -3.30. The van der Waals surface area contributed by atoms with Gasteiger partial charge in [-0.15, -0.1) is 0 Å². The van der Waals surface area contributed by atoms with E-state index in [9.17, 15) is 8.78 Å². The number of halogens is 3. The minimum absolute atomic E-state index is 0.0150. The van der Waals surface area contributed by atoms with Gasteiger partial charge in [0.2, 0.25) is 5.95 Å². The van der Waals surface area contributed by atoms with Crippen molar-refractivity contribution in [1.82, 2.24) is 19.5 Å². The summed E-state index contributed by atoms with van der Waals surface area (Å²) in [5, 5.41) is 4.11. The number of rotatable bonds is 7. The van der Waals surface area contributed by atoms with E-state index in [1.807, 2.05) is 18.2 Å². The van der Waals surface area contributed by atoms with E-state index in [4.69, 9.17) is 26.3 Å². The lowest BCUT2D eigenvalue weighted by Crippen LogP contribution is -2.37. The molecular weight excluding hydrogens is 486 g/mol. The van der Waals surface area contributed by atoms with Crippen LogP contribution in [0.5, 0.6) is 0 Å². The monoisotopic (exact) mass is 510 g/mol. The second-order valence-electron chi connectivity index (χ2n) is 9.24. The van der Waals surface area contributed by atoms with Crippen molar-refractivity contribution in [3.63, 3.8) is 0 Å². The molecule has 0 radical (unpaired) electrons. The first kappa shape index (κ1) is 23.1. The van der Waals surface area contributed by atoms with E-state index in [0.29, 0.717) is 66.5 Å². The van der Waals surface area contributed by atoms with Crippen LogP contribution in [0, 0.1) is 0 Å². The van der Waals surface area contributed by atoms with Crippen LogP contribution in [0.15, 0.2) is 54.6 Å². The van der Waals surface area contributed by atoms with Crippen molar-refractivity contribution >= 4 is 34.4 Å². The van der Waals surface area contributed by atoms with Gasteiger partial charge in [0, 0.05) is 36.1 Å². The Labute approximate surface area is 212 Å². The number of morpholine rings is 1. The van der Waals surface area contributed by atoms with Gasteiger partial charge >= 0.3 is 0 Å². The number of fused-ring (bicyclic) bond motifs is 1. The maximum absolute atomic E-state index is 14.1. The van der Waals surface area contributed by atoms with Crippen molar-refractivity contribution in [3.8, 4) is 5.82 Å². The number of hydrogen-bond acceptors (Lipinski definition) is 6. The Morgan fingerprint density at radius 1 is 0.972 bits per heavy atom. The van der Waals surface area contributed by atoms with Crippen molar-refractivity contribution in [3.05, 3.63) is 71.0 Å². The van der Waals surface area contributed by atoms with E-state index < -0.39 is 6.43 Å². The quantitative estimate of drug-likeness (QED) is 0.360. The zero-order valence-electron chi connectivity index (χ0n) is 19.5. The second-order valence-corrected chi connectivity index (χ2v) is 9.68. The minimum Gasteiger partial charge on any atom is -0.378 e. The number of para-hydroxylation sites is 2. The van der Waals surface area contributed by atoms with Crippen LogP contribution in [0.25, 0.3) is 16.9 Å². The first-order valence-electron chi connectivity index (χ1n) is 12.0. The molecule has 6 rings (SSSR count). The zero-order valence-corrected chi connectivity index (χ0v) is 20.3. The van der Waals surface area contributed by atoms with Gasteiger partial charge in [0.1, 0.15) is 11.6 Å². The third-order valence-electron chi connectivity index (χ3n) is 6.94. The summed E-state index contributed by atoms with van der Waals surface area (Å²) in [7, 11) is 0. The lowest BCUT2D eigenvalue weighted by atomic mass is 9.96. The smallest absolute Gasteiger partial charge is 0.296 e. The van der Waals surface area contributed by atoms with Crippen LogP contribution < -0.4 is 10.2 Å². The highest BCUT2D eigenvalue weighted by Crippen LogP contribution is 2.48. The van der Waals surface area contributed by atoms with Gasteiger partial charge in [0.15, 0.2) is 5.82 Å². The summed E-state index contributed by atoms with van der Waals surface area (Å²) in [5.41, 5.74) is 2.27. The Kier molecular flexibility index (Phi) is 5.97. The molecule has 3 heterocycles. The summed E-state index contributed by atoms with van der Waals surface area (Å²) in [4.78, 5) is 15.7. The van der Waals surface area contributed by atoms with Crippen molar-refractivity contribution in [2.75, 3.05) is 43.1 Å². The van der Waals surface area contributed by atoms with Crippen molar-refractivity contribution in [2.24, 2.45) is 0 Å². The molecule has 0 amide bonds. The number of hydrogen-bond donors (Lipinski definition) is 1. The second kappa shape index (κ2) is 9.29. The molecule has 0 atom stereocenters. The predicted molar refractivity (Wildman–Crippen MR) is 136 cm³/mol. The standard InChI is InChI=1S/C26H25ClF2N6O/c27-18-7-5-17(6-8-18)26(9-10-26)16-30-25-32-21(34-11-13-36-14-12-34)15-22(33-25)35-20-4-2-1-3-19(20)31-24(35)23(28)29/h1-8,15,23H,9-14,16H2,(H,30,32,33). The third-order valence-corrected chi connectivity index (χ3v) is 7.19. The fourth-order valence-electron chi connectivity index (χ4n) is 4.77. The number of anilines is 2. The molecular formula is C26H25ClF2N6O. The first-order chi connectivity index (χ1) is 17.5. The minimum atomic E-state index is -2.75. The molecule has 186 valence electrons. The lowest BCUT2D eigenvalue weighted by molar-refractivity contribution is 0.122. The van der Waals surface area contributed by atoms with Crippen LogP contribution in [0.2, 0.25) is 5.02 Å². The molecule has 1 aliphatic carbocycles. The van der Waals surface area contributed by atoms with Crippen molar-refractivity contribution in [2.45, 2.75) is 24.7 Å². The maximum atomic E-state index is 14.1. The van der Waals surface area contributed by atoms with E-state index in [0.717, 1.165) is 12.8 Å². The Balaban J connectivity index is 1.39. The Bertz CT molecular complexity index is 1380. The highest BCUT2D eigenvalue weighted by atomic mass is 35.5. The molecule has 1 aliphatic heterocycles. The molecule has 0 spiro atoms. The average molecular weight is 511 g/mol. The predicted octanol–water partition coefficient (Wildman–Crippen LogP) is 5.39. The van der Waals surface area contributed by atoms with Crippen LogP contribution in [0.1, 0.15) is 30.7 Å². The van der Waals surface area contributed by atoms with Gasteiger partial charge in [-0.05, 0) is 42.7 Å². The molecule has 2 aliphatic rings. The van der Waals surface area contributed by atoms with E-state index in [1.54, 1.807) is 24.3 Å². The van der Waals surface area contributed by atoms with Crippen molar-refractivity contribution in [1.29, 1.82) is 0 Å². The largest absolute Gasteiger partial charge is 0.378 e. The van der Waals surface area contributed by atoms with E-state index >= 15 is 0 Å². The number of nitrogens with one attached hydrogen (secondary N) is 1. The summed E-state index contributed by atoms with van der Waals surface area (Å²) < 4.78 is 35.0.